The van der Waals surface area contributed by atoms with E-state index in [9.17, 15) is 14.5 Å². The molecule has 1 N–H and O–H groups in total. The minimum Gasteiger partial charge on any atom is -0.358 e. The third-order valence-electron chi connectivity index (χ3n) is 4.13. The third-order valence-corrected chi connectivity index (χ3v) is 4.13. The highest BCUT2D eigenvalue weighted by molar-refractivity contribution is 5.59. The van der Waals surface area contributed by atoms with Gasteiger partial charge in [-0.05, 0) is 53.1 Å². The van der Waals surface area contributed by atoms with Crippen LogP contribution in [0.15, 0.2) is 36.7 Å². The number of rotatable bonds is 7. The zero-order valence-corrected chi connectivity index (χ0v) is 14.5. The number of benzene rings is 1. The highest BCUT2D eigenvalue weighted by Crippen LogP contribution is 2.25. The van der Waals surface area contributed by atoms with E-state index < -0.39 is 4.92 Å². The Bertz CT molecular complexity index is 902. The van der Waals surface area contributed by atoms with Crippen molar-refractivity contribution in [2.45, 2.75) is 12.8 Å². The van der Waals surface area contributed by atoms with Gasteiger partial charge in [-0.15, -0.1) is 0 Å². The molecule has 3 aromatic rings. The number of imidazole rings is 1. The highest BCUT2D eigenvalue weighted by atomic mass is 19.1. The summed E-state index contributed by atoms with van der Waals surface area (Å²) in [5.74, 6) is 0.0542. The van der Waals surface area contributed by atoms with Gasteiger partial charge in [0.1, 0.15) is 5.82 Å². The molecule has 0 aliphatic rings. The molecule has 136 valence electrons. The fraction of sp³-hybridized carbons (Fsp3) is 0.294. The van der Waals surface area contributed by atoms with Crippen molar-refractivity contribution >= 4 is 11.6 Å². The molecule has 0 unspecified atom stereocenters. The highest BCUT2D eigenvalue weighted by Gasteiger charge is 2.23. The third kappa shape index (κ3) is 3.71. The summed E-state index contributed by atoms with van der Waals surface area (Å²) in [6, 6.07) is 8.11. The predicted molar refractivity (Wildman–Crippen MR) is 95.4 cm³/mol. The van der Waals surface area contributed by atoms with Crippen molar-refractivity contribution < 1.29 is 9.31 Å². The number of H-pyrrole nitrogens is 1. The number of hydrogen-bond acceptors (Lipinski definition) is 5. The van der Waals surface area contributed by atoms with Gasteiger partial charge in [0, 0.05) is 31.9 Å². The standard InChI is InChI=1S/C17H19FN6O2/c1-22(17-16(24(25)26)19-11-23(17)2)9-3-4-14-10-15(21-20-14)12-5-7-13(18)8-6-12/h5-8,10-11H,3-4,9H2,1-2H3,(H,20,21). The molecule has 2 aromatic heterocycles. The number of aromatic nitrogens is 4. The van der Waals surface area contributed by atoms with Gasteiger partial charge in [0.15, 0.2) is 0 Å². The predicted octanol–water partition coefficient (Wildman–Crippen LogP) is 2.93. The van der Waals surface area contributed by atoms with Gasteiger partial charge in [-0.3, -0.25) is 9.67 Å². The number of anilines is 1. The number of aromatic amines is 1. The van der Waals surface area contributed by atoms with Crippen LogP contribution in [0, 0.1) is 15.9 Å². The summed E-state index contributed by atoms with van der Waals surface area (Å²) in [6.07, 6.45) is 2.96. The number of nitrogens with zero attached hydrogens (tertiary/aromatic N) is 5. The van der Waals surface area contributed by atoms with Crippen molar-refractivity contribution in [3.05, 3.63) is 58.3 Å². The summed E-state index contributed by atoms with van der Waals surface area (Å²) in [5, 5.41) is 18.3. The van der Waals surface area contributed by atoms with Crippen LogP contribution in [0.5, 0.6) is 0 Å². The molecule has 2 heterocycles. The van der Waals surface area contributed by atoms with E-state index in [1.807, 2.05) is 11.0 Å². The molecule has 3 rings (SSSR count). The zero-order valence-electron chi connectivity index (χ0n) is 14.5. The van der Waals surface area contributed by atoms with Crippen LogP contribution in [0.4, 0.5) is 16.0 Å². The average Bonchev–Trinajstić information content (AvgIpc) is 3.22. The normalized spacial score (nSPS) is 10.9. The van der Waals surface area contributed by atoms with Crippen LogP contribution in [0.3, 0.4) is 0 Å². The second-order valence-corrected chi connectivity index (χ2v) is 6.07. The monoisotopic (exact) mass is 358 g/mol. The molecule has 0 atom stereocenters. The Hall–Kier alpha value is -3.23. The zero-order chi connectivity index (χ0) is 18.7. The van der Waals surface area contributed by atoms with Crippen molar-refractivity contribution in [1.29, 1.82) is 0 Å². The van der Waals surface area contributed by atoms with E-state index in [1.54, 1.807) is 30.8 Å². The van der Waals surface area contributed by atoms with Crippen LogP contribution in [0.2, 0.25) is 0 Å². The molecule has 0 amide bonds. The van der Waals surface area contributed by atoms with Gasteiger partial charge in [-0.1, -0.05) is 0 Å². The smallest absolute Gasteiger partial charge is 0.358 e. The van der Waals surface area contributed by atoms with Crippen molar-refractivity contribution in [1.82, 2.24) is 19.7 Å². The van der Waals surface area contributed by atoms with E-state index in [-0.39, 0.29) is 11.6 Å². The summed E-state index contributed by atoms with van der Waals surface area (Å²) < 4.78 is 14.6. The maximum absolute atomic E-state index is 13.0. The summed E-state index contributed by atoms with van der Waals surface area (Å²) in [7, 11) is 3.54. The molecular weight excluding hydrogens is 339 g/mol. The second-order valence-electron chi connectivity index (χ2n) is 6.07. The molecule has 8 nitrogen and oxygen atoms in total. The Balaban J connectivity index is 1.59. The minimum absolute atomic E-state index is 0.143. The molecular formula is C17H19FN6O2. The van der Waals surface area contributed by atoms with Crippen molar-refractivity contribution in [2.24, 2.45) is 7.05 Å². The lowest BCUT2D eigenvalue weighted by molar-refractivity contribution is -0.388. The molecule has 0 aliphatic heterocycles. The fourth-order valence-corrected chi connectivity index (χ4v) is 2.85. The molecule has 0 radical (unpaired) electrons. The van der Waals surface area contributed by atoms with Gasteiger partial charge in [0.05, 0.1) is 5.69 Å². The summed E-state index contributed by atoms with van der Waals surface area (Å²) >= 11 is 0. The molecule has 0 fully saturated rings. The van der Waals surface area contributed by atoms with Gasteiger partial charge >= 0.3 is 5.82 Å². The van der Waals surface area contributed by atoms with Gasteiger partial charge < -0.3 is 15.0 Å². The van der Waals surface area contributed by atoms with Crippen LogP contribution < -0.4 is 4.90 Å². The average molecular weight is 358 g/mol. The lowest BCUT2D eigenvalue weighted by Crippen LogP contribution is -2.22. The molecule has 0 aliphatic carbocycles. The van der Waals surface area contributed by atoms with E-state index in [0.717, 1.165) is 29.8 Å². The molecule has 1 aromatic carbocycles. The quantitative estimate of drug-likeness (QED) is 0.518. The Morgan fingerprint density at radius 3 is 2.77 bits per heavy atom. The Kier molecular flexibility index (Phi) is 4.97. The van der Waals surface area contributed by atoms with Crippen molar-refractivity contribution in [3.63, 3.8) is 0 Å². The maximum atomic E-state index is 13.0. The molecule has 0 spiro atoms. The summed E-state index contributed by atoms with van der Waals surface area (Å²) in [6.45, 7) is 0.630. The SMILES string of the molecule is CN(CCCc1cc(-c2ccc(F)cc2)n[nH]1)c1c([N+](=O)[O-])ncn1C. The van der Waals surface area contributed by atoms with Crippen molar-refractivity contribution in [3.8, 4) is 11.3 Å². The van der Waals surface area contributed by atoms with E-state index in [4.69, 9.17) is 0 Å². The Labute approximate surface area is 149 Å². The minimum atomic E-state index is -0.476. The Morgan fingerprint density at radius 2 is 2.08 bits per heavy atom. The Morgan fingerprint density at radius 1 is 1.35 bits per heavy atom. The van der Waals surface area contributed by atoms with E-state index in [1.165, 1.54) is 18.5 Å². The van der Waals surface area contributed by atoms with Gasteiger partial charge in [-0.25, -0.2) is 4.39 Å². The van der Waals surface area contributed by atoms with Crippen LogP contribution in [-0.4, -0.2) is 38.3 Å². The van der Waals surface area contributed by atoms with Crippen molar-refractivity contribution in [2.75, 3.05) is 18.5 Å². The summed E-state index contributed by atoms with van der Waals surface area (Å²) in [4.78, 5) is 16.2. The first-order valence-electron chi connectivity index (χ1n) is 8.13. The van der Waals surface area contributed by atoms with E-state index >= 15 is 0 Å². The molecule has 9 heteroatoms. The molecule has 0 saturated heterocycles. The number of nitro groups is 1. The van der Waals surface area contributed by atoms with Gasteiger partial charge in [0.2, 0.25) is 12.1 Å². The maximum Gasteiger partial charge on any atom is 0.406 e. The van der Waals surface area contributed by atoms with Gasteiger partial charge in [-0.2, -0.15) is 5.10 Å². The topological polar surface area (TPSA) is 92.9 Å². The summed E-state index contributed by atoms with van der Waals surface area (Å²) in [5.41, 5.74) is 2.56. The number of halogens is 1. The lowest BCUT2D eigenvalue weighted by atomic mass is 10.1. The fourth-order valence-electron chi connectivity index (χ4n) is 2.85. The molecule has 0 bridgehead atoms. The first-order chi connectivity index (χ1) is 12.5. The number of hydrogen-bond donors (Lipinski definition) is 1. The first kappa shape index (κ1) is 17.6. The van der Waals surface area contributed by atoms with E-state index in [2.05, 4.69) is 15.2 Å². The van der Waals surface area contributed by atoms with Gasteiger partial charge in [0.25, 0.3) is 0 Å². The number of aryl methyl sites for hydroxylation is 2. The first-order valence-corrected chi connectivity index (χ1v) is 8.13. The van der Waals surface area contributed by atoms with Crippen LogP contribution >= 0.6 is 0 Å². The lowest BCUT2D eigenvalue weighted by Gasteiger charge is -2.17. The molecule has 26 heavy (non-hydrogen) atoms. The number of nitrogens with one attached hydrogen (secondary N) is 1. The second kappa shape index (κ2) is 7.34. The van der Waals surface area contributed by atoms with E-state index in [0.29, 0.717) is 12.4 Å². The van der Waals surface area contributed by atoms with Crippen LogP contribution in [-0.2, 0) is 13.5 Å². The molecule has 0 saturated carbocycles. The van der Waals surface area contributed by atoms with Crippen LogP contribution in [0.25, 0.3) is 11.3 Å². The van der Waals surface area contributed by atoms with Crippen LogP contribution in [0.1, 0.15) is 12.1 Å². The largest absolute Gasteiger partial charge is 0.406 e.